The minimum Gasteiger partial charge on any atom is -0.389 e. The van der Waals surface area contributed by atoms with Gasteiger partial charge in [-0.2, -0.15) is 0 Å². The Morgan fingerprint density at radius 3 is 2.64 bits per heavy atom. The third kappa shape index (κ3) is 3.38. The minimum atomic E-state index is -3.44. The number of hydrogen-bond acceptors (Lipinski definition) is 4. The van der Waals surface area contributed by atoms with E-state index in [0.717, 1.165) is 11.3 Å². The van der Waals surface area contributed by atoms with Gasteiger partial charge in [-0.25, -0.2) is 13.1 Å². The lowest BCUT2D eigenvalue weighted by atomic mass is 10.1. The van der Waals surface area contributed by atoms with Gasteiger partial charge in [0.25, 0.3) is 0 Å². The van der Waals surface area contributed by atoms with Crippen molar-refractivity contribution in [3.05, 3.63) is 17.5 Å². The highest BCUT2D eigenvalue weighted by Crippen LogP contribution is 2.15. The Labute approximate surface area is 87.6 Å². The Hall–Kier alpha value is -0.430. The van der Waals surface area contributed by atoms with E-state index in [1.165, 1.54) is 6.07 Å². The van der Waals surface area contributed by atoms with Crippen LogP contribution in [-0.2, 0) is 10.0 Å². The lowest BCUT2D eigenvalue weighted by molar-refractivity contribution is 0.0857. The quantitative estimate of drug-likeness (QED) is 0.811. The molecule has 0 aliphatic rings. The van der Waals surface area contributed by atoms with Gasteiger partial charge in [0.1, 0.15) is 4.21 Å². The number of rotatable bonds is 4. The summed E-state index contributed by atoms with van der Waals surface area (Å²) in [6.07, 6.45) is 0. The summed E-state index contributed by atoms with van der Waals surface area (Å²) in [4.78, 5) is 0. The van der Waals surface area contributed by atoms with Crippen LogP contribution in [0, 0.1) is 0 Å². The number of hydrogen-bond donors (Lipinski definition) is 2. The van der Waals surface area contributed by atoms with Gasteiger partial charge in [0, 0.05) is 6.54 Å². The molecule has 0 spiro atoms. The molecule has 0 aromatic carbocycles. The maximum Gasteiger partial charge on any atom is 0.250 e. The van der Waals surface area contributed by atoms with Crippen LogP contribution in [0.2, 0.25) is 0 Å². The van der Waals surface area contributed by atoms with E-state index < -0.39 is 15.6 Å². The van der Waals surface area contributed by atoms with Crippen molar-refractivity contribution < 1.29 is 13.5 Å². The molecule has 0 aliphatic carbocycles. The molecule has 1 rings (SSSR count). The first-order chi connectivity index (χ1) is 6.31. The number of aliphatic hydroxyl groups is 1. The van der Waals surface area contributed by atoms with Gasteiger partial charge in [-0.15, -0.1) is 11.3 Å². The van der Waals surface area contributed by atoms with Crippen molar-refractivity contribution in [2.45, 2.75) is 23.7 Å². The molecular formula is C8H13NO3S2. The van der Waals surface area contributed by atoms with Crippen LogP contribution >= 0.6 is 11.3 Å². The molecule has 6 heteroatoms. The summed E-state index contributed by atoms with van der Waals surface area (Å²) in [6.45, 7) is 3.10. The third-order valence-corrected chi connectivity index (χ3v) is 4.25. The van der Waals surface area contributed by atoms with Crippen LogP contribution in [-0.4, -0.2) is 25.7 Å². The van der Waals surface area contributed by atoms with Crippen LogP contribution in [0.4, 0.5) is 0 Å². The van der Waals surface area contributed by atoms with Crippen LogP contribution in [0.15, 0.2) is 21.7 Å². The van der Waals surface area contributed by atoms with Crippen molar-refractivity contribution in [3.8, 4) is 0 Å². The first kappa shape index (κ1) is 11.6. The van der Waals surface area contributed by atoms with E-state index in [2.05, 4.69) is 4.72 Å². The van der Waals surface area contributed by atoms with E-state index in [-0.39, 0.29) is 10.8 Å². The van der Waals surface area contributed by atoms with Crippen molar-refractivity contribution >= 4 is 21.4 Å². The summed E-state index contributed by atoms with van der Waals surface area (Å²) >= 11 is 1.15. The van der Waals surface area contributed by atoms with Gasteiger partial charge in [-0.05, 0) is 25.3 Å². The molecule has 1 heterocycles. The highest BCUT2D eigenvalue weighted by Gasteiger charge is 2.19. The Morgan fingerprint density at radius 1 is 1.57 bits per heavy atom. The molecule has 1 aromatic rings. The second kappa shape index (κ2) is 3.98. The Bertz CT molecular complexity index is 375. The maximum atomic E-state index is 11.5. The fourth-order valence-corrected chi connectivity index (χ4v) is 3.00. The van der Waals surface area contributed by atoms with Gasteiger partial charge >= 0.3 is 0 Å². The summed E-state index contributed by atoms with van der Waals surface area (Å²) in [5.41, 5.74) is -1.04. The molecule has 0 radical (unpaired) electrons. The molecule has 0 bridgehead atoms. The van der Waals surface area contributed by atoms with E-state index in [4.69, 9.17) is 0 Å². The van der Waals surface area contributed by atoms with Gasteiger partial charge in [-0.1, -0.05) is 6.07 Å². The standard InChI is InChI=1S/C8H13NO3S2/c1-8(2,10)6-9-14(11,12)7-4-3-5-13-7/h3-5,9-10H,6H2,1-2H3. The molecular weight excluding hydrogens is 222 g/mol. The average Bonchev–Trinajstić information content (AvgIpc) is 2.52. The zero-order chi connectivity index (χ0) is 10.8. The van der Waals surface area contributed by atoms with E-state index in [9.17, 15) is 13.5 Å². The lowest BCUT2D eigenvalue weighted by Crippen LogP contribution is -2.37. The summed E-state index contributed by atoms with van der Waals surface area (Å²) in [6, 6.07) is 3.20. The Kier molecular flexibility index (Phi) is 3.31. The van der Waals surface area contributed by atoms with Crippen molar-refractivity contribution in [1.82, 2.24) is 4.72 Å². The van der Waals surface area contributed by atoms with E-state index in [0.29, 0.717) is 0 Å². The van der Waals surface area contributed by atoms with E-state index in [1.807, 2.05) is 0 Å². The van der Waals surface area contributed by atoms with E-state index in [1.54, 1.807) is 25.3 Å². The molecule has 0 atom stereocenters. The van der Waals surface area contributed by atoms with Gasteiger partial charge in [0.2, 0.25) is 10.0 Å². The predicted molar refractivity (Wildman–Crippen MR) is 55.8 cm³/mol. The van der Waals surface area contributed by atoms with Gasteiger partial charge < -0.3 is 5.11 Å². The van der Waals surface area contributed by atoms with Gasteiger partial charge in [0.05, 0.1) is 5.60 Å². The smallest absolute Gasteiger partial charge is 0.250 e. The summed E-state index contributed by atoms with van der Waals surface area (Å²) in [5, 5.41) is 11.0. The highest BCUT2D eigenvalue weighted by molar-refractivity contribution is 7.91. The number of nitrogens with one attached hydrogen (secondary N) is 1. The largest absolute Gasteiger partial charge is 0.389 e. The molecule has 1 aromatic heterocycles. The number of sulfonamides is 1. The second-order valence-electron chi connectivity index (χ2n) is 3.57. The maximum absolute atomic E-state index is 11.5. The predicted octanol–water partition coefficient (Wildman–Crippen LogP) is 0.797. The van der Waals surface area contributed by atoms with Crippen LogP contribution < -0.4 is 4.72 Å². The topological polar surface area (TPSA) is 66.4 Å². The van der Waals surface area contributed by atoms with Crippen molar-refractivity contribution in [3.63, 3.8) is 0 Å². The summed E-state index contributed by atoms with van der Waals surface area (Å²) < 4.78 is 25.7. The molecule has 0 unspecified atom stereocenters. The van der Waals surface area contributed by atoms with Crippen molar-refractivity contribution in [1.29, 1.82) is 0 Å². The molecule has 0 fully saturated rings. The lowest BCUT2D eigenvalue weighted by Gasteiger charge is -2.17. The van der Waals surface area contributed by atoms with Crippen LogP contribution in [0.3, 0.4) is 0 Å². The molecule has 0 amide bonds. The zero-order valence-electron chi connectivity index (χ0n) is 8.02. The van der Waals surface area contributed by atoms with Gasteiger partial charge in [0.15, 0.2) is 0 Å². The minimum absolute atomic E-state index is 0.00718. The SMILES string of the molecule is CC(C)(O)CNS(=O)(=O)c1cccs1. The molecule has 0 saturated carbocycles. The fourth-order valence-electron chi connectivity index (χ4n) is 0.759. The molecule has 2 N–H and O–H groups in total. The van der Waals surface area contributed by atoms with Crippen LogP contribution in [0.25, 0.3) is 0 Å². The molecule has 4 nitrogen and oxygen atoms in total. The summed E-state index contributed by atoms with van der Waals surface area (Å²) in [5.74, 6) is 0. The fraction of sp³-hybridized carbons (Fsp3) is 0.500. The summed E-state index contributed by atoms with van der Waals surface area (Å²) in [7, 11) is -3.44. The molecule has 0 saturated heterocycles. The van der Waals surface area contributed by atoms with Crippen LogP contribution in [0.1, 0.15) is 13.8 Å². The van der Waals surface area contributed by atoms with E-state index >= 15 is 0 Å². The Balaban J connectivity index is 2.70. The third-order valence-electron chi connectivity index (χ3n) is 1.45. The highest BCUT2D eigenvalue weighted by atomic mass is 32.2. The first-order valence-corrected chi connectivity index (χ1v) is 6.43. The normalized spacial score (nSPS) is 13.1. The van der Waals surface area contributed by atoms with Crippen LogP contribution in [0.5, 0.6) is 0 Å². The zero-order valence-corrected chi connectivity index (χ0v) is 9.65. The average molecular weight is 235 g/mol. The first-order valence-electron chi connectivity index (χ1n) is 4.07. The number of thiophene rings is 1. The molecule has 14 heavy (non-hydrogen) atoms. The van der Waals surface area contributed by atoms with Crippen molar-refractivity contribution in [2.24, 2.45) is 0 Å². The monoisotopic (exact) mass is 235 g/mol. The van der Waals surface area contributed by atoms with Gasteiger partial charge in [-0.3, -0.25) is 0 Å². The molecule has 0 aliphatic heterocycles. The Morgan fingerprint density at radius 2 is 2.21 bits per heavy atom. The molecule has 80 valence electrons. The second-order valence-corrected chi connectivity index (χ2v) is 6.51. The van der Waals surface area contributed by atoms with Crippen molar-refractivity contribution in [2.75, 3.05) is 6.54 Å².